The van der Waals surface area contributed by atoms with Crippen LogP contribution in [0.1, 0.15) is 25.0 Å². The van der Waals surface area contributed by atoms with Crippen molar-refractivity contribution in [3.05, 3.63) is 242 Å². The summed E-state index contributed by atoms with van der Waals surface area (Å²) in [4.78, 5) is 2.40. The number of fused-ring (bicyclic) bond motifs is 8. The van der Waals surface area contributed by atoms with Gasteiger partial charge in [-0.3, -0.25) is 0 Å². The predicted molar refractivity (Wildman–Crippen MR) is 267 cm³/mol. The standard InChI is InChI=1S/C61H44N2/c1-61(2)57-23-13-11-20-51(57)52-38-37-49(39-58(52)61)62(47-33-29-43(30-34-47)41-15-5-3-6-16-41)48-35-31-44(32-36-48)42-25-27-45(28-26-42)55-40-56-53-21-12-14-24-59(53)63(46-17-7-4-8-18-46)60(56)54-22-10-9-19-50(54)55/h3-40H,1-2H3. The van der Waals surface area contributed by atoms with E-state index in [4.69, 9.17) is 0 Å². The molecule has 2 nitrogen and oxygen atoms in total. The molecule has 63 heavy (non-hydrogen) atoms. The van der Waals surface area contributed by atoms with Gasteiger partial charge >= 0.3 is 0 Å². The minimum Gasteiger partial charge on any atom is -0.310 e. The summed E-state index contributed by atoms with van der Waals surface area (Å²) >= 11 is 0. The molecule has 0 radical (unpaired) electrons. The zero-order valence-corrected chi connectivity index (χ0v) is 35.3. The molecule has 0 atom stereocenters. The van der Waals surface area contributed by atoms with E-state index in [1.807, 2.05) is 0 Å². The van der Waals surface area contributed by atoms with Crippen molar-refractivity contribution in [3.63, 3.8) is 0 Å². The molecule has 12 rings (SSSR count). The second-order valence-electron chi connectivity index (χ2n) is 17.3. The molecule has 0 fully saturated rings. The monoisotopic (exact) mass is 804 g/mol. The molecule has 1 aliphatic rings. The first-order chi connectivity index (χ1) is 31.0. The van der Waals surface area contributed by atoms with Gasteiger partial charge in [0.15, 0.2) is 0 Å². The van der Waals surface area contributed by atoms with Crippen LogP contribution < -0.4 is 4.90 Å². The smallest absolute Gasteiger partial charge is 0.0619 e. The van der Waals surface area contributed by atoms with Crippen molar-refractivity contribution in [2.75, 3.05) is 4.90 Å². The summed E-state index contributed by atoms with van der Waals surface area (Å²) in [6.45, 7) is 4.71. The molecule has 0 amide bonds. The van der Waals surface area contributed by atoms with E-state index in [-0.39, 0.29) is 5.41 Å². The third-order valence-corrected chi connectivity index (χ3v) is 13.4. The molecule has 0 saturated heterocycles. The molecule has 0 aliphatic heterocycles. The molecule has 0 N–H and O–H groups in total. The van der Waals surface area contributed by atoms with Gasteiger partial charge in [-0.25, -0.2) is 0 Å². The maximum atomic E-state index is 2.43. The highest BCUT2D eigenvalue weighted by Crippen LogP contribution is 2.51. The van der Waals surface area contributed by atoms with Crippen molar-refractivity contribution >= 4 is 49.6 Å². The van der Waals surface area contributed by atoms with Gasteiger partial charge in [-0.15, -0.1) is 0 Å². The fraction of sp³-hybridized carbons (Fsp3) is 0.0492. The van der Waals surface area contributed by atoms with E-state index in [0.717, 1.165) is 17.1 Å². The maximum absolute atomic E-state index is 2.43. The molecule has 1 heterocycles. The molecule has 0 unspecified atom stereocenters. The molecule has 1 aromatic heterocycles. The Morgan fingerprint density at radius 3 is 1.51 bits per heavy atom. The minimum atomic E-state index is -0.0973. The highest BCUT2D eigenvalue weighted by molar-refractivity contribution is 6.22. The van der Waals surface area contributed by atoms with Gasteiger partial charge in [-0.2, -0.15) is 0 Å². The molecule has 298 valence electrons. The summed E-state index contributed by atoms with van der Waals surface area (Å²) in [5, 5.41) is 5.02. The van der Waals surface area contributed by atoms with Gasteiger partial charge in [0, 0.05) is 44.3 Å². The average molecular weight is 805 g/mol. The van der Waals surface area contributed by atoms with Gasteiger partial charge in [-0.1, -0.05) is 184 Å². The van der Waals surface area contributed by atoms with E-state index in [1.54, 1.807) is 0 Å². The first-order valence-corrected chi connectivity index (χ1v) is 21.9. The van der Waals surface area contributed by atoms with Crippen molar-refractivity contribution in [1.29, 1.82) is 0 Å². The molecular formula is C61H44N2. The number of benzene rings is 10. The zero-order valence-electron chi connectivity index (χ0n) is 35.3. The van der Waals surface area contributed by atoms with Crippen molar-refractivity contribution in [1.82, 2.24) is 4.57 Å². The van der Waals surface area contributed by atoms with Crippen LogP contribution in [0, 0.1) is 0 Å². The number of hydrogen-bond donors (Lipinski definition) is 0. The van der Waals surface area contributed by atoms with E-state index in [9.17, 15) is 0 Å². The third-order valence-electron chi connectivity index (χ3n) is 13.4. The molecule has 0 spiro atoms. The third kappa shape index (κ3) is 6.02. The lowest BCUT2D eigenvalue weighted by Crippen LogP contribution is -2.16. The van der Waals surface area contributed by atoms with E-state index in [0.29, 0.717) is 0 Å². The van der Waals surface area contributed by atoms with Crippen molar-refractivity contribution in [3.8, 4) is 50.2 Å². The number of hydrogen-bond acceptors (Lipinski definition) is 1. The van der Waals surface area contributed by atoms with Crippen LogP contribution in [0.2, 0.25) is 0 Å². The first kappa shape index (κ1) is 36.9. The van der Waals surface area contributed by atoms with Crippen LogP contribution in [-0.4, -0.2) is 4.57 Å². The van der Waals surface area contributed by atoms with Crippen LogP contribution in [0.25, 0.3) is 82.8 Å². The fourth-order valence-electron chi connectivity index (χ4n) is 10.3. The van der Waals surface area contributed by atoms with Crippen LogP contribution in [0.3, 0.4) is 0 Å². The highest BCUT2D eigenvalue weighted by Gasteiger charge is 2.35. The van der Waals surface area contributed by atoms with Gasteiger partial charge < -0.3 is 9.47 Å². The first-order valence-electron chi connectivity index (χ1n) is 21.9. The normalized spacial score (nSPS) is 12.7. The molecule has 11 aromatic rings. The number of aromatic nitrogens is 1. The van der Waals surface area contributed by atoms with Gasteiger partial charge in [0.1, 0.15) is 0 Å². The summed E-state index contributed by atoms with van der Waals surface area (Å²) in [6.07, 6.45) is 0. The van der Waals surface area contributed by atoms with Crippen molar-refractivity contribution in [2.24, 2.45) is 0 Å². The fourth-order valence-corrected chi connectivity index (χ4v) is 10.3. The Labute approximate surface area is 368 Å². The van der Waals surface area contributed by atoms with Crippen molar-refractivity contribution in [2.45, 2.75) is 19.3 Å². The second-order valence-corrected chi connectivity index (χ2v) is 17.3. The average Bonchev–Trinajstić information content (AvgIpc) is 3.80. The molecule has 10 aromatic carbocycles. The Morgan fingerprint density at radius 2 is 0.825 bits per heavy atom. The summed E-state index contributed by atoms with van der Waals surface area (Å²) in [7, 11) is 0. The van der Waals surface area contributed by atoms with E-state index in [1.165, 1.54) is 93.9 Å². The zero-order chi connectivity index (χ0) is 42.1. The van der Waals surface area contributed by atoms with E-state index < -0.39 is 0 Å². The quantitative estimate of drug-likeness (QED) is 0.156. The lowest BCUT2D eigenvalue weighted by Gasteiger charge is -2.28. The molecule has 0 saturated carbocycles. The lowest BCUT2D eigenvalue weighted by atomic mass is 9.82. The summed E-state index contributed by atoms with van der Waals surface area (Å²) in [5.74, 6) is 0. The minimum absolute atomic E-state index is 0.0973. The Bertz CT molecular complexity index is 3490. The summed E-state index contributed by atoms with van der Waals surface area (Å²) < 4.78 is 2.43. The van der Waals surface area contributed by atoms with Crippen molar-refractivity contribution < 1.29 is 0 Å². The van der Waals surface area contributed by atoms with Crippen LogP contribution in [-0.2, 0) is 5.41 Å². The Hall–Kier alpha value is -7.94. The van der Waals surface area contributed by atoms with E-state index in [2.05, 4.69) is 254 Å². The lowest BCUT2D eigenvalue weighted by molar-refractivity contribution is 0.660. The molecule has 1 aliphatic carbocycles. The maximum Gasteiger partial charge on any atom is 0.0619 e. The topological polar surface area (TPSA) is 8.17 Å². The Morgan fingerprint density at radius 1 is 0.333 bits per heavy atom. The SMILES string of the molecule is CC1(C)c2ccccc2-c2ccc(N(c3ccc(-c4ccccc4)cc3)c3ccc(-c4ccc(-c5cc6c7ccccc7n(-c7ccccc7)c6c6ccccc56)cc4)cc3)cc21. The van der Waals surface area contributed by atoms with Gasteiger partial charge in [0.05, 0.1) is 11.0 Å². The van der Waals surface area contributed by atoms with Crippen LogP contribution in [0.4, 0.5) is 17.1 Å². The van der Waals surface area contributed by atoms with Gasteiger partial charge in [-0.05, 0) is 122 Å². The largest absolute Gasteiger partial charge is 0.310 e. The highest BCUT2D eigenvalue weighted by atomic mass is 15.1. The molecule has 2 heteroatoms. The van der Waals surface area contributed by atoms with Gasteiger partial charge in [0.2, 0.25) is 0 Å². The molecular weight excluding hydrogens is 761 g/mol. The van der Waals surface area contributed by atoms with Crippen LogP contribution in [0.15, 0.2) is 231 Å². The van der Waals surface area contributed by atoms with Crippen LogP contribution in [0.5, 0.6) is 0 Å². The number of rotatable bonds is 7. The predicted octanol–water partition coefficient (Wildman–Crippen LogP) is 16.7. The number of anilines is 3. The van der Waals surface area contributed by atoms with Crippen LogP contribution >= 0.6 is 0 Å². The van der Waals surface area contributed by atoms with E-state index >= 15 is 0 Å². The van der Waals surface area contributed by atoms with Gasteiger partial charge in [0.25, 0.3) is 0 Å². The second kappa shape index (κ2) is 14.6. The number of para-hydroxylation sites is 2. The Kier molecular flexibility index (Phi) is 8.55. The number of nitrogens with zero attached hydrogens (tertiary/aromatic N) is 2. The molecule has 0 bridgehead atoms. The summed E-state index contributed by atoms with van der Waals surface area (Å²) in [5.41, 5.74) is 19.6. The Balaban J connectivity index is 0.921. The summed E-state index contributed by atoms with van der Waals surface area (Å²) in [6, 6.07) is 84.5.